The molecular formula is C21H15N3O5S. The van der Waals surface area contributed by atoms with Crippen LogP contribution in [0.2, 0.25) is 0 Å². The fraction of sp³-hybridized carbons (Fsp3) is 0.0952. The fourth-order valence-corrected chi connectivity index (χ4v) is 3.64. The van der Waals surface area contributed by atoms with E-state index in [0.29, 0.717) is 22.2 Å². The molecule has 1 atom stereocenters. The van der Waals surface area contributed by atoms with Crippen LogP contribution in [0, 0.1) is 0 Å². The van der Waals surface area contributed by atoms with Gasteiger partial charge in [-0.25, -0.2) is 14.6 Å². The van der Waals surface area contributed by atoms with Gasteiger partial charge in [0, 0.05) is 5.56 Å². The summed E-state index contributed by atoms with van der Waals surface area (Å²) in [6.45, 7) is 1.80. The minimum atomic E-state index is -1.22. The van der Waals surface area contributed by atoms with Gasteiger partial charge in [0.05, 0.1) is 21.3 Å². The molecule has 0 spiro atoms. The first-order valence-electron chi connectivity index (χ1n) is 8.89. The number of furan rings is 1. The van der Waals surface area contributed by atoms with Gasteiger partial charge in [-0.3, -0.25) is 0 Å². The highest BCUT2D eigenvalue weighted by molar-refractivity contribution is 7.21. The lowest BCUT2D eigenvalue weighted by molar-refractivity contribution is 0.0696. The van der Waals surface area contributed by atoms with Crippen molar-refractivity contribution in [2.75, 3.05) is 0 Å². The molecule has 1 unspecified atom stereocenters. The number of nitrogens with zero attached hydrogens (tertiary/aromatic N) is 3. The number of hydrogen-bond donors (Lipinski definition) is 2. The lowest BCUT2D eigenvalue weighted by Crippen LogP contribution is -2.02. The second-order valence-electron chi connectivity index (χ2n) is 6.47. The van der Waals surface area contributed by atoms with Gasteiger partial charge in [0.15, 0.2) is 0 Å². The molecule has 2 aromatic heterocycles. The Balaban J connectivity index is 1.59. The summed E-state index contributed by atoms with van der Waals surface area (Å²) in [6, 6.07) is 14.5. The van der Waals surface area contributed by atoms with E-state index in [1.165, 1.54) is 23.5 Å². The molecule has 2 heterocycles. The minimum Gasteiger partial charge on any atom is -0.478 e. The maximum Gasteiger partial charge on any atom is 0.335 e. The standard InChI is InChI=1S/C21H15N3O5S/c1-11(23-24-21-22-15-4-2-3-5-18(15)30-21)16-6-7-17(29-16)12-8-13(19(25)26)10-14(9-12)20(27)28/h2-11H,1H3,(H,25,26)(H,27,28). The van der Waals surface area contributed by atoms with Crippen molar-refractivity contribution in [3.63, 3.8) is 0 Å². The van der Waals surface area contributed by atoms with Gasteiger partial charge < -0.3 is 14.6 Å². The third-order valence-electron chi connectivity index (χ3n) is 4.35. The number of azo groups is 1. The van der Waals surface area contributed by atoms with E-state index in [1.807, 2.05) is 24.3 Å². The molecule has 0 aliphatic rings. The lowest BCUT2D eigenvalue weighted by atomic mass is 10.0. The van der Waals surface area contributed by atoms with Crippen LogP contribution in [0.25, 0.3) is 21.5 Å². The number of hydrogen-bond acceptors (Lipinski definition) is 7. The van der Waals surface area contributed by atoms with Gasteiger partial charge >= 0.3 is 11.9 Å². The number of carboxylic acids is 2. The Hall–Kier alpha value is -3.85. The highest BCUT2D eigenvalue weighted by Gasteiger charge is 2.16. The van der Waals surface area contributed by atoms with Crippen LogP contribution in [0.1, 0.15) is 39.4 Å². The summed E-state index contributed by atoms with van der Waals surface area (Å²) in [5.74, 6) is -1.58. The summed E-state index contributed by atoms with van der Waals surface area (Å²) in [4.78, 5) is 27.0. The molecule has 150 valence electrons. The number of carboxylic acid groups (broad SMARTS) is 2. The number of fused-ring (bicyclic) bond motifs is 1. The van der Waals surface area contributed by atoms with Crippen molar-refractivity contribution in [1.82, 2.24) is 4.98 Å². The predicted octanol–water partition coefficient (Wildman–Crippen LogP) is 5.80. The molecule has 4 aromatic rings. The van der Waals surface area contributed by atoms with Crippen molar-refractivity contribution >= 4 is 38.6 Å². The molecule has 0 radical (unpaired) electrons. The largest absolute Gasteiger partial charge is 0.478 e. The second-order valence-corrected chi connectivity index (χ2v) is 7.48. The number of carbonyl (C=O) groups is 2. The summed E-state index contributed by atoms with van der Waals surface area (Å²) < 4.78 is 6.81. The molecule has 0 saturated carbocycles. The lowest BCUT2D eigenvalue weighted by Gasteiger charge is -2.04. The van der Waals surface area contributed by atoms with Crippen LogP contribution in [-0.4, -0.2) is 27.1 Å². The Morgan fingerprint density at radius 1 is 1.03 bits per heavy atom. The van der Waals surface area contributed by atoms with E-state index < -0.39 is 18.0 Å². The van der Waals surface area contributed by atoms with Crippen molar-refractivity contribution < 1.29 is 24.2 Å². The number of aromatic carboxylic acids is 2. The highest BCUT2D eigenvalue weighted by Crippen LogP contribution is 2.31. The second kappa shape index (κ2) is 7.88. The minimum absolute atomic E-state index is 0.133. The van der Waals surface area contributed by atoms with Gasteiger partial charge in [0.25, 0.3) is 0 Å². The zero-order valence-corrected chi connectivity index (χ0v) is 16.5. The van der Waals surface area contributed by atoms with Crippen LogP contribution in [-0.2, 0) is 0 Å². The van der Waals surface area contributed by atoms with Gasteiger partial charge in [0.1, 0.15) is 17.6 Å². The summed E-state index contributed by atoms with van der Waals surface area (Å²) in [6.07, 6.45) is 0. The zero-order valence-electron chi connectivity index (χ0n) is 15.6. The Morgan fingerprint density at radius 3 is 2.40 bits per heavy atom. The van der Waals surface area contributed by atoms with Gasteiger partial charge in [-0.15, -0.1) is 5.11 Å². The average Bonchev–Trinajstić information content (AvgIpc) is 3.38. The first kappa shape index (κ1) is 19.5. The quantitative estimate of drug-likeness (QED) is 0.379. The van der Waals surface area contributed by atoms with Gasteiger partial charge in [0.2, 0.25) is 5.13 Å². The fourth-order valence-electron chi connectivity index (χ4n) is 2.85. The van der Waals surface area contributed by atoms with E-state index >= 15 is 0 Å². The van der Waals surface area contributed by atoms with Crippen LogP contribution in [0.15, 0.2) is 69.2 Å². The molecule has 0 amide bonds. The smallest absolute Gasteiger partial charge is 0.335 e. The molecule has 0 aliphatic carbocycles. The molecule has 9 heteroatoms. The van der Waals surface area contributed by atoms with Gasteiger partial charge in [-0.2, -0.15) is 5.11 Å². The van der Waals surface area contributed by atoms with Crippen molar-refractivity contribution in [3.05, 3.63) is 71.5 Å². The van der Waals surface area contributed by atoms with Crippen molar-refractivity contribution in [1.29, 1.82) is 0 Å². The van der Waals surface area contributed by atoms with E-state index in [9.17, 15) is 19.8 Å². The van der Waals surface area contributed by atoms with Crippen molar-refractivity contribution in [2.45, 2.75) is 13.0 Å². The normalized spacial score (nSPS) is 12.4. The molecule has 30 heavy (non-hydrogen) atoms. The van der Waals surface area contributed by atoms with E-state index in [1.54, 1.807) is 19.1 Å². The van der Waals surface area contributed by atoms with Crippen molar-refractivity contribution in [2.24, 2.45) is 10.2 Å². The monoisotopic (exact) mass is 421 g/mol. The first-order valence-corrected chi connectivity index (χ1v) is 9.70. The van der Waals surface area contributed by atoms with Crippen LogP contribution in [0.5, 0.6) is 0 Å². The molecule has 0 aliphatic heterocycles. The SMILES string of the molecule is CC(N=Nc1nc2ccccc2s1)c1ccc(-c2cc(C(=O)O)cc(C(=O)O)c2)o1. The number of aromatic nitrogens is 1. The number of thiazole rings is 1. The maximum absolute atomic E-state index is 11.3. The summed E-state index contributed by atoms with van der Waals surface area (Å²) in [7, 11) is 0. The summed E-state index contributed by atoms with van der Waals surface area (Å²) in [5, 5.41) is 27.4. The molecule has 0 bridgehead atoms. The Morgan fingerprint density at radius 2 is 1.73 bits per heavy atom. The van der Waals surface area contributed by atoms with Crippen molar-refractivity contribution in [3.8, 4) is 11.3 Å². The third kappa shape index (κ3) is 3.96. The van der Waals surface area contributed by atoms with E-state index in [2.05, 4.69) is 15.2 Å². The molecule has 2 aromatic carbocycles. The molecular weight excluding hydrogens is 406 g/mol. The molecule has 0 saturated heterocycles. The zero-order chi connectivity index (χ0) is 21.3. The van der Waals surface area contributed by atoms with Crippen LogP contribution in [0.3, 0.4) is 0 Å². The molecule has 4 rings (SSSR count). The number of para-hydroxylation sites is 1. The molecule has 2 N–H and O–H groups in total. The maximum atomic E-state index is 11.3. The van der Waals surface area contributed by atoms with Crippen LogP contribution < -0.4 is 0 Å². The van der Waals surface area contributed by atoms with Crippen LogP contribution in [0.4, 0.5) is 5.13 Å². The Labute approximate surface area is 174 Å². The third-order valence-corrected chi connectivity index (χ3v) is 5.27. The van der Waals surface area contributed by atoms with Crippen LogP contribution >= 0.6 is 11.3 Å². The number of benzene rings is 2. The van der Waals surface area contributed by atoms with E-state index in [0.717, 1.165) is 16.3 Å². The summed E-state index contributed by atoms with van der Waals surface area (Å²) in [5.41, 5.74) is 0.948. The molecule has 8 nitrogen and oxygen atoms in total. The summed E-state index contributed by atoms with van der Waals surface area (Å²) >= 11 is 1.43. The highest BCUT2D eigenvalue weighted by atomic mass is 32.1. The van der Waals surface area contributed by atoms with Gasteiger partial charge in [-0.05, 0) is 49.4 Å². The average molecular weight is 421 g/mol. The Bertz CT molecular complexity index is 1230. The first-order chi connectivity index (χ1) is 14.4. The predicted molar refractivity (Wildman–Crippen MR) is 111 cm³/mol. The van der Waals surface area contributed by atoms with E-state index in [4.69, 9.17) is 4.42 Å². The van der Waals surface area contributed by atoms with Gasteiger partial charge in [-0.1, -0.05) is 23.5 Å². The van der Waals surface area contributed by atoms with E-state index in [-0.39, 0.29) is 11.1 Å². The Kier molecular flexibility index (Phi) is 5.11. The topological polar surface area (TPSA) is 125 Å². The molecule has 0 fully saturated rings. The number of rotatable bonds is 6.